The van der Waals surface area contributed by atoms with Gasteiger partial charge in [-0.2, -0.15) is 0 Å². The number of hydrogen-bond donors (Lipinski definition) is 2. The molecule has 0 saturated carbocycles. The Labute approximate surface area is 154 Å². The van der Waals surface area contributed by atoms with Crippen LogP contribution in [0, 0.1) is 12.7 Å². The van der Waals surface area contributed by atoms with Gasteiger partial charge in [0.15, 0.2) is 0 Å². The van der Waals surface area contributed by atoms with Crippen LogP contribution in [0.5, 0.6) is 0 Å². The molecule has 0 aliphatic carbocycles. The van der Waals surface area contributed by atoms with Crippen LogP contribution in [0.4, 0.5) is 10.1 Å². The third-order valence-corrected chi connectivity index (χ3v) is 4.71. The van der Waals surface area contributed by atoms with Gasteiger partial charge in [0.2, 0.25) is 0 Å². The van der Waals surface area contributed by atoms with Gasteiger partial charge >= 0.3 is 0 Å². The van der Waals surface area contributed by atoms with E-state index in [1.54, 1.807) is 49.4 Å². The van der Waals surface area contributed by atoms with Crippen molar-refractivity contribution >= 4 is 28.8 Å². The molecular formula is C20H17FN2O2S. The molecule has 6 heteroatoms. The Hall–Kier alpha value is -2.99. The highest BCUT2D eigenvalue weighted by molar-refractivity contribution is 7.12. The molecule has 0 unspecified atom stereocenters. The molecule has 4 nitrogen and oxygen atoms in total. The Bertz CT molecular complexity index is 921. The molecule has 2 N–H and O–H groups in total. The summed E-state index contributed by atoms with van der Waals surface area (Å²) in [5.41, 5.74) is 2.27. The lowest BCUT2D eigenvalue weighted by atomic mass is 10.1. The van der Waals surface area contributed by atoms with Crippen molar-refractivity contribution in [2.75, 3.05) is 5.32 Å². The van der Waals surface area contributed by atoms with Crippen molar-refractivity contribution in [3.63, 3.8) is 0 Å². The van der Waals surface area contributed by atoms with Crippen LogP contribution in [0.15, 0.2) is 60.0 Å². The molecule has 26 heavy (non-hydrogen) atoms. The maximum absolute atomic E-state index is 13.6. The molecule has 0 aliphatic rings. The average molecular weight is 368 g/mol. The number of aryl methyl sites for hydroxylation is 1. The number of hydrogen-bond acceptors (Lipinski definition) is 3. The molecule has 0 aliphatic heterocycles. The number of anilines is 1. The van der Waals surface area contributed by atoms with Crippen molar-refractivity contribution in [2.24, 2.45) is 0 Å². The first-order chi connectivity index (χ1) is 12.5. The largest absolute Gasteiger partial charge is 0.347 e. The first-order valence-corrected chi connectivity index (χ1v) is 8.89. The van der Waals surface area contributed by atoms with Crippen LogP contribution in [-0.2, 0) is 6.54 Å². The molecule has 0 bridgehead atoms. The van der Waals surface area contributed by atoms with Gasteiger partial charge in [-0.15, -0.1) is 11.3 Å². The normalized spacial score (nSPS) is 10.4. The molecule has 1 aromatic heterocycles. The zero-order valence-corrected chi connectivity index (χ0v) is 14.9. The number of rotatable bonds is 5. The topological polar surface area (TPSA) is 58.2 Å². The second-order valence-electron chi connectivity index (χ2n) is 5.77. The van der Waals surface area contributed by atoms with Gasteiger partial charge in [0, 0.05) is 17.8 Å². The molecule has 0 radical (unpaired) electrons. The van der Waals surface area contributed by atoms with Gasteiger partial charge in [-0.05, 0) is 53.8 Å². The number of thiophene rings is 1. The fourth-order valence-corrected chi connectivity index (χ4v) is 2.97. The van der Waals surface area contributed by atoms with E-state index >= 15 is 0 Å². The summed E-state index contributed by atoms with van der Waals surface area (Å²) in [6, 6.07) is 15.1. The van der Waals surface area contributed by atoms with Crippen molar-refractivity contribution in [3.8, 4) is 0 Å². The van der Waals surface area contributed by atoms with Gasteiger partial charge in [-0.1, -0.05) is 24.3 Å². The van der Waals surface area contributed by atoms with E-state index in [2.05, 4.69) is 10.6 Å². The Morgan fingerprint density at radius 3 is 2.46 bits per heavy atom. The van der Waals surface area contributed by atoms with Crippen LogP contribution in [0.3, 0.4) is 0 Å². The number of benzene rings is 2. The van der Waals surface area contributed by atoms with Gasteiger partial charge < -0.3 is 10.6 Å². The van der Waals surface area contributed by atoms with Crippen LogP contribution in [0.1, 0.15) is 31.2 Å². The molecule has 0 fully saturated rings. The second-order valence-corrected chi connectivity index (χ2v) is 6.72. The summed E-state index contributed by atoms with van der Waals surface area (Å²) in [5.74, 6) is -0.801. The molecule has 3 aromatic rings. The summed E-state index contributed by atoms with van der Waals surface area (Å²) in [5, 5.41) is 7.35. The van der Waals surface area contributed by atoms with E-state index in [1.165, 1.54) is 17.4 Å². The van der Waals surface area contributed by atoms with Crippen molar-refractivity contribution in [1.29, 1.82) is 0 Å². The molecule has 0 spiro atoms. The maximum atomic E-state index is 13.6. The first kappa shape index (κ1) is 17.8. The quantitative estimate of drug-likeness (QED) is 0.702. The zero-order chi connectivity index (χ0) is 18.5. The standard InChI is InChI=1S/C20H17FN2O2S/c1-13-4-9-16(11-17(13)21)23-19(24)15-7-5-14(6-8-15)12-22-20(25)18-3-2-10-26-18/h2-11H,12H2,1H3,(H,22,25)(H,23,24). The Kier molecular flexibility index (Phi) is 5.43. The Morgan fingerprint density at radius 2 is 1.81 bits per heavy atom. The van der Waals surface area contributed by atoms with E-state index in [1.807, 2.05) is 11.4 Å². The molecule has 2 amide bonds. The maximum Gasteiger partial charge on any atom is 0.261 e. The summed E-state index contributed by atoms with van der Waals surface area (Å²) in [6.45, 7) is 2.04. The van der Waals surface area contributed by atoms with Crippen LogP contribution in [-0.4, -0.2) is 11.8 Å². The number of amides is 2. The summed E-state index contributed by atoms with van der Waals surface area (Å²) in [7, 11) is 0. The summed E-state index contributed by atoms with van der Waals surface area (Å²) < 4.78 is 13.6. The smallest absolute Gasteiger partial charge is 0.261 e. The van der Waals surface area contributed by atoms with Crippen LogP contribution >= 0.6 is 11.3 Å². The second kappa shape index (κ2) is 7.93. The van der Waals surface area contributed by atoms with E-state index in [4.69, 9.17) is 0 Å². The van der Waals surface area contributed by atoms with Crippen LogP contribution in [0.25, 0.3) is 0 Å². The van der Waals surface area contributed by atoms with Gasteiger partial charge in [0.25, 0.3) is 11.8 Å². The highest BCUT2D eigenvalue weighted by atomic mass is 32.1. The lowest BCUT2D eigenvalue weighted by Crippen LogP contribution is -2.21. The predicted molar refractivity (Wildman–Crippen MR) is 101 cm³/mol. The minimum Gasteiger partial charge on any atom is -0.347 e. The SMILES string of the molecule is Cc1ccc(NC(=O)c2ccc(CNC(=O)c3cccs3)cc2)cc1F. The molecule has 1 heterocycles. The molecule has 0 atom stereocenters. The predicted octanol–water partition coefficient (Wildman–Crippen LogP) is 4.38. The summed E-state index contributed by atoms with van der Waals surface area (Å²) in [6.07, 6.45) is 0. The van der Waals surface area contributed by atoms with E-state index in [9.17, 15) is 14.0 Å². The number of nitrogens with one attached hydrogen (secondary N) is 2. The Morgan fingerprint density at radius 1 is 1.04 bits per heavy atom. The van der Waals surface area contributed by atoms with Gasteiger partial charge in [-0.25, -0.2) is 4.39 Å². The number of halogens is 1. The van der Waals surface area contributed by atoms with Gasteiger partial charge in [0.05, 0.1) is 4.88 Å². The third-order valence-electron chi connectivity index (χ3n) is 3.84. The Balaban J connectivity index is 1.58. The number of carbonyl (C=O) groups excluding carboxylic acids is 2. The minimum atomic E-state index is -0.361. The van der Waals surface area contributed by atoms with Gasteiger partial charge in [-0.3, -0.25) is 9.59 Å². The molecule has 2 aromatic carbocycles. The summed E-state index contributed by atoms with van der Waals surface area (Å²) >= 11 is 1.38. The first-order valence-electron chi connectivity index (χ1n) is 8.01. The van der Waals surface area contributed by atoms with Crippen molar-refractivity contribution in [2.45, 2.75) is 13.5 Å². The van der Waals surface area contributed by atoms with E-state index in [0.717, 1.165) is 5.56 Å². The van der Waals surface area contributed by atoms with E-state index < -0.39 is 0 Å². The highest BCUT2D eigenvalue weighted by Gasteiger charge is 2.09. The van der Waals surface area contributed by atoms with Gasteiger partial charge in [0.1, 0.15) is 5.82 Å². The highest BCUT2D eigenvalue weighted by Crippen LogP contribution is 2.15. The molecule has 3 rings (SSSR count). The average Bonchev–Trinajstić information content (AvgIpc) is 3.18. The molecule has 0 saturated heterocycles. The van der Waals surface area contributed by atoms with E-state index in [-0.39, 0.29) is 17.6 Å². The monoisotopic (exact) mass is 368 g/mol. The number of carbonyl (C=O) groups is 2. The molecule has 132 valence electrons. The zero-order valence-electron chi connectivity index (χ0n) is 14.1. The van der Waals surface area contributed by atoms with E-state index in [0.29, 0.717) is 28.2 Å². The van der Waals surface area contributed by atoms with Crippen molar-refractivity contribution in [1.82, 2.24) is 5.32 Å². The van der Waals surface area contributed by atoms with Crippen molar-refractivity contribution < 1.29 is 14.0 Å². The minimum absolute atomic E-state index is 0.122. The fourth-order valence-electron chi connectivity index (χ4n) is 2.33. The van der Waals surface area contributed by atoms with Crippen LogP contribution < -0.4 is 10.6 Å². The van der Waals surface area contributed by atoms with Crippen molar-refractivity contribution in [3.05, 3.63) is 87.4 Å². The summed E-state index contributed by atoms with van der Waals surface area (Å²) in [4.78, 5) is 24.8. The van der Waals surface area contributed by atoms with Crippen LogP contribution in [0.2, 0.25) is 0 Å². The lowest BCUT2D eigenvalue weighted by Gasteiger charge is -2.08. The molecular weight excluding hydrogens is 351 g/mol. The fraction of sp³-hybridized carbons (Fsp3) is 0.100. The lowest BCUT2D eigenvalue weighted by molar-refractivity contribution is 0.0953. The third kappa shape index (κ3) is 4.34.